The van der Waals surface area contributed by atoms with Crippen LogP contribution in [-0.4, -0.2) is 23.5 Å². The lowest BCUT2D eigenvalue weighted by Gasteiger charge is -1.98. The van der Waals surface area contributed by atoms with Crippen molar-refractivity contribution in [3.8, 4) is 0 Å². The Bertz CT molecular complexity index is 274. The molecule has 1 aromatic heterocycles. The molecule has 0 bridgehead atoms. The van der Waals surface area contributed by atoms with Crippen molar-refractivity contribution < 1.29 is 4.74 Å². The number of aromatic nitrogens is 2. The lowest BCUT2D eigenvalue weighted by Crippen LogP contribution is -1.99. The zero-order valence-corrected chi connectivity index (χ0v) is 8.49. The maximum absolute atomic E-state index is 5.07. The van der Waals surface area contributed by atoms with Crippen LogP contribution in [0.15, 0.2) is 16.9 Å². The van der Waals surface area contributed by atoms with Crippen molar-refractivity contribution in [1.82, 2.24) is 9.78 Å². The summed E-state index contributed by atoms with van der Waals surface area (Å²) in [6.07, 6.45) is 5.03. The van der Waals surface area contributed by atoms with Crippen LogP contribution < -0.4 is 0 Å². The molecule has 0 N–H and O–H groups in total. The van der Waals surface area contributed by atoms with Gasteiger partial charge in [-0.1, -0.05) is 0 Å². The molecule has 1 aromatic rings. The molecule has 0 aromatic carbocycles. The average Bonchev–Trinajstić information content (AvgIpc) is 2.67. The first kappa shape index (κ1) is 8.26. The number of nitrogens with zero attached hydrogens (tertiary/aromatic N) is 2. The van der Waals surface area contributed by atoms with Gasteiger partial charge in [0.1, 0.15) is 0 Å². The number of ether oxygens (including phenoxy) is 1. The van der Waals surface area contributed by atoms with E-state index in [2.05, 4.69) is 21.0 Å². The van der Waals surface area contributed by atoms with Crippen LogP contribution in [-0.2, 0) is 4.74 Å². The molecule has 0 amide bonds. The zero-order chi connectivity index (χ0) is 8.55. The van der Waals surface area contributed by atoms with Crippen LogP contribution in [0.4, 0.5) is 0 Å². The summed E-state index contributed by atoms with van der Waals surface area (Å²) in [5, 5.41) is 4.22. The minimum Gasteiger partial charge on any atom is -0.384 e. The molecule has 2 rings (SSSR count). The largest absolute Gasteiger partial charge is 0.384 e. The van der Waals surface area contributed by atoms with Gasteiger partial charge in [-0.15, -0.1) is 0 Å². The lowest BCUT2D eigenvalue weighted by atomic mass is 10.4. The van der Waals surface area contributed by atoms with Gasteiger partial charge in [0, 0.05) is 19.2 Å². The summed E-state index contributed by atoms with van der Waals surface area (Å²) in [6, 6.07) is 0.566. The van der Waals surface area contributed by atoms with Crippen LogP contribution in [0.25, 0.3) is 0 Å². The highest BCUT2D eigenvalue weighted by Gasteiger charge is 2.39. The standard InChI is InChI=1S/C8H11BrN2O/c1-12-5-6-2-8(6)11-4-7(9)3-10-11/h3-4,6,8H,2,5H2,1H3. The number of hydrogen-bond donors (Lipinski definition) is 0. The van der Waals surface area contributed by atoms with Crippen LogP contribution in [0, 0.1) is 5.92 Å². The maximum Gasteiger partial charge on any atom is 0.0632 e. The van der Waals surface area contributed by atoms with E-state index in [1.165, 1.54) is 6.42 Å². The van der Waals surface area contributed by atoms with Crippen LogP contribution in [0.2, 0.25) is 0 Å². The number of rotatable bonds is 3. The summed E-state index contributed by atoms with van der Waals surface area (Å²) in [4.78, 5) is 0. The van der Waals surface area contributed by atoms with Gasteiger partial charge in [-0.25, -0.2) is 0 Å². The molecule has 0 radical (unpaired) electrons. The monoisotopic (exact) mass is 230 g/mol. The smallest absolute Gasteiger partial charge is 0.0632 e. The van der Waals surface area contributed by atoms with Gasteiger partial charge >= 0.3 is 0 Å². The van der Waals surface area contributed by atoms with Gasteiger partial charge in [0.2, 0.25) is 0 Å². The third-order valence-corrected chi connectivity index (χ3v) is 2.59. The van der Waals surface area contributed by atoms with Crippen molar-refractivity contribution in [2.24, 2.45) is 5.92 Å². The first-order chi connectivity index (χ1) is 5.81. The predicted molar refractivity (Wildman–Crippen MR) is 48.9 cm³/mol. The highest BCUT2D eigenvalue weighted by Crippen LogP contribution is 2.42. The SMILES string of the molecule is COCC1CC1n1cc(Br)cn1. The third-order valence-electron chi connectivity index (χ3n) is 2.18. The molecule has 1 heterocycles. The van der Waals surface area contributed by atoms with Gasteiger partial charge in [0.25, 0.3) is 0 Å². The van der Waals surface area contributed by atoms with Crippen molar-refractivity contribution in [2.45, 2.75) is 12.5 Å². The Hall–Kier alpha value is -0.350. The van der Waals surface area contributed by atoms with Gasteiger partial charge in [0.15, 0.2) is 0 Å². The molecule has 0 saturated heterocycles. The Morgan fingerprint density at radius 1 is 1.83 bits per heavy atom. The van der Waals surface area contributed by atoms with Gasteiger partial charge in [0.05, 0.1) is 23.3 Å². The number of halogens is 1. The van der Waals surface area contributed by atoms with Gasteiger partial charge < -0.3 is 4.74 Å². The highest BCUT2D eigenvalue weighted by atomic mass is 79.9. The van der Waals surface area contributed by atoms with E-state index in [1.807, 2.05) is 17.1 Å². The molecule has 4 heteroatoms. The Morgan fingerprint density at radius 3 is 3.25 bits per heavy atom. The molecule has 1 fully saturated rings. The van der Waals surface area contributed by atoms with E-state index in [0.29, 0.717) is 12.0 Å². The van der Waals surface area contributed by atoms with Crippen LogP contribution in [0.1, 0.15) is 12.5 Å². The van der Waals surface area contributed by atoms with Crippen molar-refractivity contribution in [1.29, 1.82) is 0 Å². The Kier molecular flexibility index (Phi) is 2.19. The fourth-order valence-corrected chi connectivity index (χ4v) is 1.75. The van der Waals surface area contributed by atoms with Crippen molar-refractivity contribution >= 4 is 15.9 Å². The average molecular weight is 231 g/mol. The topological polar surface area (TPSA) is 27.1 Å². The van der Waals surface area contributed by atoms with E-state index >= 15 is 0 Å². The summed E-state index contributed by atoms with van der Waals surface area (Å²) < 4.78 is 8.13. The minimum absolute atomic E-state index is 0.566. The number of hydrogen-bond acceptors (Lipinski definition) is 2. The van der Waals surface area contributed by atoms with Crippen molar-refractivity contribution in [3.63, 3.8) is 0 Å². The zero-order valence-electron chi connectivity index (χ0n) is 6.90. The molecule has 3 nitrogen and oxygen atoms in total. The fourth-order valence-electron chi connectivity index (χ4n) is 1.45. The molecule has 66 valence electrons. The molecular weight excluding hydrogens is 220 g/mol. The van der Waals surface area contributed by atoms with Gasteiger partial charge in [-0.2, -0.15) is 5.10 Å². The van der Waals surface area contributed by atoms with Crippen molar-refractivity contribution in [3.05, 3.63) is 16.9 Å². The molecule has 0 aliphatic heterocycles. The van der Waals surface area contributed by atoms with E-state index in [-0.39, 0.29) is 0 Å². The molecule has 1 aliphatic carbocycles. The van der Waals surface area contributed by atoms with Crippen LogP contribution in [0.3, 0.4) is 0 Å². The highest BCUT2D eigenvalue weighted by molar-refractivity contribution is 9.10. The Morgan fingerprint density at radius 2 is 2.67 bits per heavy atom. The molecule has 12 heavy (non-hydrogen) atoms. The first-order valence-electron chi connectivity index (χ1n) is 4.00. The molecule has 2 atom stereocenters. The second kappa shape index (κ2) is 3.18. The minimum atomic E-state index is 0.566. The van der Waals surface area contributed by atoms with Crippen molar-refractivity contribution in [2.75, 3.05) is 13.7 Å². The fraction of sp³-hybridized carbons (Fsp3) is 0.625. The Balaban J connectivity index is 1.96. The molecule has 2 unspecified atom stereocenters. The summed E-state index contributed by atoms with van der Waals surface area (Å²) in [6.45, 7) is 0.849. The number of methoxy groups -OCH3 is 1. The van der Waals surface area contributed by atoms with E-state index in [9.17, 15) is 0 Å². The summed E-state index contributed by atoms with van der Waals surface area (Å²) in [5.41, 5.74) is 0. The van der Waals surface area contributed by atoms with Crippen LogP contribution >= 0.6 is 15.9 Å². The Labute approximate surface area is 79.8 Å². The predicted octanol–water partition coefficient (Wildman–Crippen LogP) is 1.85. The molecular formula is C8H11BrN2O. The second-order valence-corrected chi connectivity index (χ2v) is 4.07. The molecule has 1 aliphatic rings. The molecule has 1 saturated carbocycles. The molecule has 0 spiro atoms. The normalized spacial score (nSPS) is 27.5. The van der Waals surface area contributed by atoms with E-state index < -0.39 is 0 Å². The van der Waals surface area contributed by atoms with E-state index in [1.54, 1.807) is 7.11 Å². The first-order valence-corrected chi connectivity index (χ1v) is 4.79. The maximum atomic E-state index is 5.07. The quantitative estimate of drug-likeness (QED) is 0.793. The van der Waals surface area contributed by atoms with E-state index in [4.69, 9.17) is 4.74 Å². The summed E-state index contributed by atoms with van der Waals surface area (Å²) >= 11 is 3.37. The van der Waals surface area contributed by atoms with E-state index in [0.717, 1.165) is 11.1 Å². The summed E-state index contributed by atoms with van der Waals surface area (Å²) in [5.74, 6) is 0.668. The van der Waals surface area contributed by atoms with Gasteiger partial charge in [-0.3, -0.25) is 4.68 Å². The third kappa shape index (κ3) is 1.54. The van der Waals surface area contributed by atoms with Crippen LogP contribution in [0.5, 0.6) is 0 Å². The second-order valence-electron chi connectivity index (χ2n) is 3.16. The van der Waals surface area contributed by atoms with Gasteiger partial charge in [-0.05, 0) is 22.4 Å². The summed E-state index contributed by atoms with van der Waals surface area (Å²) in [7, 11) is 1.74. The lowest BCUT2D eigenvalue weighted by molar-refractivity contribution is 0.180.